The molecule has 0 aliphatic rings. The van der Waals surface area contributed by atoms with E-state index in [2.05, 4.69) is 69.1 Å². The van der Waals surface area contributed by atoms with Crippen LogP contribution >= 0.6 is 34.5 Å². The number of hydrogen-bond acceptors (Lipinski definition) is 2. The molecule has 3 rings (SSSR count). The molecule has 3 aromatic rings. The van der Waals surface area contributed by atoms with Gasteiger partial charge in [0, 0.05) is 0 Å². The van der Waals surface area contributed by atoms with Crippen LogP contribution < -0.4 is 14.8 Å². The summed E-state index contributed by atoms with van der Waals surface area (Å²) in [6, 6.07) is 12.2. The minimum Gasteiger partial charge on any atom is -0.313 e. The fourth-order valence-electron chi connectivity index (χ4n) is 3.08. The molecular weight excluding hydrogens is 445 g/mol. The van der Waals surface area contributed by atoms with E-state index in [0.29, 0.717) is 10.0 Å². The highest BCUT2D eigenvalue weighted by Gasteiger charge is 2.03. The molecule has 0 bridgehead atoms. The van der Waals surface area contributed by atoms with Crippen molar-refractivity contribution < 1.29 is 0 Å². The van der Waals surface area contributed by atoms with Crippen molar-refractivity contribution in [2.24, 2.45) is 0 Å². The number of halogens is 2. The third-order valence-electron chi connectivity index (χ3n) is 4.81. The van der Waals surface area contributed by atoms with Crippen LogP contribution in [-0.4, -0.2) is 4.98 Å². The number of aromatic nitrogens is 1. The molecule has 1 aromatic heterocycles. The van der Waals surface area contributed by atoms with Gasteiger partial charge in [-0.05, 0) is 74.1 Å². The highest BCUT2D eigenvalue weighted by atomic mass is 35.5. The minimum absolute atomic E-state index is 0.00244. The highest BCUT2D eigenvalue weighted by molar-refractivity contribution is 7.07. The quantitative estimate of drug-likeness (QED) is 0.449. The number of thiazole rings is 1. The number of hydrogen-bond donors (Lipinski definition) is 1. The smallest absolute Gasteiger partial charge is 0.305 e. The average Bonchev–Trinajstić information content (AvgIpc) is 3.09. The van der Waals surface area contributed by atoms with Gasteiger partial charge in [-0.3, -0.25) is 4.79 Å². The Bertz CT molecular complexity index is 1240. The van der Waals surface area contributed by atoms with Crippen LogP contribution in [0, 0.1) is 13.8 Å². The number of rotatable bonds is 4. The molecule has 5 heteroatoms. The van der Waals surface area contributed by atoms with Gasteiger partial charge in [0.15, 0.2) is 0 Å². The summed E-state index contributed by atoms with van der Waals surface area (Å²) in [5.41, 5.74) is 6.08. The molecule has 2 aromatic carbocycles. The second kappa shape index (κ2) is 12.1. The zero-order valence-corrected chi connectivity index (χ0v) is 21.0. The number of allylic oxidation sites excluding steroid dienone is 2. The van der Waals surface area contributed by atoms with E-state index in [4.69, 9.17) is 23.2 Å². The Morgan fingerprint density at radius 2 is 1.81 bits per heavy atom. The minimum atomic E-state index is -0.00244. The number of nitrogens with one attached hydrogen (secondary N) is 1. The molecule has 2 nitrogen and oxygen atoms in total. The summed E-state index contributed by atoms with van der Waals surface area (Å²) < 4.78 is 0.996. The van der Waals surface area contributed by atoms with Crippen molar-refractivity contribution in [3.05, 3.63) is 94.3 Å². The maximum atomic E-state index is 11.6. The molecule has 0 atom stereocenters. The van der Waals surface area contributed by atoms with E-state index in [1.54, 1.807) is 0 Å². The highest BCUT2D eigenvalue weighted by Crippen LogP contribution is 2.23. The largest absolute Gasteiger partial charge is 0.313 e. The lowest BCUT2D eigenvalue weighted by molar-refractivity contribution is 1.14. The Balaban J connectivity index is 0.000000285. The molecule has 1 heterocycles. The van der Waals surface area contributed by atoms with Crippen LogP contribution in [0.3, 0.4) is 0 Å². The Morgan fingerprint density at radius 1 is 1.06 bits per heavy atom. The van der Waals surface area contributed by atoms with E-state index < -0.39 is 0 Å². The molecule has 0 aliphatic heterocycles. The van der Waals surface area contributed by atoms with Gasteiger partial charge in [-0.1, -0.05) is 90.4 Å². The fourth-order valence-corrected chi connectivity index (χ4v) is 4.19. The van der Waals surface area contributed by atoms with Gasteiger partial charge in [0.1, 0.15) is 0 Å². The summed E-state index contributed by atoms with van der Waals surface area (Å²) in [7, 11) is 0. The van der Waals surface area contributed by atoms with Gasteiger partial charge >= 0.3 is 4.87 Å². The van der Waals surface area contributed by atoms with Crippen molar-refractivity contribution >= 4 is 52.3 Å². The summed E-state index contributed by atoms with van der Waals surface area (Å²) in [6.45, 7) is 10.4. The van der Waals surface area contributed by atoms with Gasteiger partial charge in [-0.2, -0.15) is 0 Å². The van der Waals surface area contributed by atoms with Crippen LogP contribution in [0.5, 0.6) is 0 Å². The molecule has 0 spiro atoms. The van der Waals surface area contributed by atoms with Gasteiger partial charge in [-0.15, -0.1) is 0 Å². The number of aryl methyl sites for hydroxylation is 3. The van der Waals surface area contributed by atoms with Crippen molar-refractivity contribution in [2.45, 2.75) is 47.5 Å². The van der Waals surface area contributed by atoms with Crippen molar-refractivity contribution in [2.75, 3.05) is 0 Å². The first kappa shape index (κ1) is 25.2. The molecule has 0 saturated heterocycles. The average molecular weight is 474 g/mol. The molecule has 0 aliphatic carbocycles. The van der Waals surface area contributed by atoms with Crippen LogP contribution in [0.1, 0.15) is 49.4 Å². The number of aromatic amines is 1. The van der Waals surface area contributed by atoms with E-state index >= 15 is 0 Å². The predicted molar refractivity (Wildman–Crippen MR) is 139 cm³/mol. The molecule has 0 fully saturated rings. The monoisotopic (exact) mass is 473 g/mol. The first-order valence-corrected chi connectivity index (χ1v) is 11.9. The van der Waals surface area contributed by atoms with Crippen molar-refractivity contribution in [3.63, 3.8) is 0 Å². The van der Waals surface area contributed by atoms with Crippen LogP contribution in [0.25, 0.3) is 17.7 Å². The van der Waals surface area contributed by atoms with E-state index in [9.17, 15) is 4.79 Å². The molecule has 0 unspecified atom stereocenters. The van der Waals surface area contributed by atoms with Gasteiger partial charge in [0.2, 0.25) is 0 Å². The fraction of sp³-hybridized carbons (Fsp3) is 0.269. The molecule has 1 N–H and O–H groups in total. The molecule has 31 heavy (non-hydrogen) atoms. The SMILES string of the molecule is C/C=C(/C=c1\sc(=O)[nH]\c1=C/CC)c1cc(C)ccc1C.CCc1ccc(Cl)c(Cl)c1. The Morgan fingerprint density at radius 3 is 2.42 bits per heavy atom. The maximum absolute atomic E-state index is 11.6. The number of H-pyrrole nitrogens is 1. The van der Waals surface area contributed by atoms with Gasteiger partial charge in [0.05, 0.1) is 19.9 Å². The second-order valence-electron chi connectivity index (χ2n) is 7.21. The third-order valence-corrected chi connectivity index (χ3v) is 6.39. The number of benzene rings is 2. The van der Waals surface area contributed by atoms with Gasteiger partial charge < -0.3 is 4.98 Å². The van der Waals surface area contributed by atoms with Crippen molar-refractivity contribution in [1.82, 2.24) is 4.98 Å². The second-order valence-corrected chi connectivity index (χ2v) is 9.04. The lowest BCUT2D eigenvalue weighted by atomic mass is 9.98. The lowest BCUT2D eigenvalue weighted by Crippen LogP contribution is -2.21. The summed E-state index contributed by atoms with van der Waals surface area (Å²) in [5, 5.41) is 2.19. The Hall–Kier alpha value is -2.07. The van der Waals surface area contributed by atoms with Crippen molar-refractivity contribution in [3.8, 4) is 0 Å². The van der Waals surface area contributed by atoms with E-state index in [1.807, 2.05) is 25.1 Å². The first-order valence-electron chi connectivity index (χ1n) is 10.4. The van der Waals surface area contributed by atoms with E-state index in [1.165, 1.54) is 33.6 Å². The van der Waals surface area contributed by atoms with Gasteiger partial charge in [0.25, 0.3) is 0 Å². The molecule has 0 radical (unpaired) electrons. The normalized spacial score (nSPS) is 12.7. The Kier molecular flexibility index (Phi) is 9.83. The summed E-state index contributed by atoms with van der Waals surface area (Å²) in [5.74, 6) is 0. The molecule has 0 saturated carbocycles. The van der Waals surface area contributed by atoms with Crippen LogP contribution in [0.15, 0.2) is 47.3 Å². The summed E-state index contributed by atoms with van der Waals surface area (Å²) in [4.78, 5) is 14.5. The predicted octanol–water partition coefficient (Wildman–Crippen LogP) is 6.68. The molecular formula is C26H29Cl2NOS. The zero-order valence-electron chi connectivity index (χ0n) is 18.7. The zero-order chi connectivity index (χ0) is 23.0. The third kappa shape index (κ3) is 7.24. The molecule has 164 valence electrons. The Labute approximate surface area is 198 Å². The van der Waals surface area contributed by atoms with E-state index in [-0.39, 0.29) is 4.87 Å². The van der Waals surface area contributed by atoms with E-state index in [0.717, 1.165) is 28.3 Å². The first-order chi connectivity index (χ1) is 14.8. The van der Waals surface area contributed by atoms with Crippen LogP contribution in [0.2, 0.25) is 10.0 Å². The van der Waals surface area contributed by atoms with Crippen molar-refractivity contribution in [1.29, 1.82) is 0 Å². The topological polar surface area (TPSA) is 32.9 Å². The van der Waals surface area contributed by atoms with Crippen LogP contribution in [-0.2, 0) is 6.42 Å². The standard InChI is InChI=1S/C18H21NOS.C8H8Cl2/c1-5-7-16-17(21-18(20)19-16)11-14(6-2)15-10-12(3)8-9-13(15)4;1-2-6-3-4-7(9)8(10)5-6/h6-11H,5H2,1-4H3,(H,19,20);3-5H,2H2,1H3/b14-6-,16-7-,17-11-;. The maximum Gasteiger partial charge on any atom is 0.305 e. The van der Waals surface area contributed by atoms with Gasteiger partial charge in [-0.25, -0.2) is 0 Å². The summed E-state index contributed by atoms with van der Waals surface area (Å²) >= 11 is 12.7. The van der Waals surface area contributed by atoms with Crippen LogP contribution in [0.4, 0.5) is 0 Å². The lowest BCUT2D eigenvalue weighted by Gasteiger charge is -2.07. The molecule has 0 amide bonds. The summed E-state index contributed by atoms with van der Waals surface area (Å²) in [6.07, 6.45) is 8.16.